The van der Waals surface area contributed by atoms with Crippen LogP contribution in [0.2, 0.25) is 0 Å². The number of aryl methyl sites for hydroxylation is 1. The van der Waals surface area contributed by atoms with Crippen LogP contribution in [-0.4, -0.2) is 32.8 Å². The summed E-state index contributed by atoms with van der Waals surface area (Å²) in [5.74, 6) is 0.434. The third-order valence-corrected chi connectivity index (χ3v) is 4.26. The van der Waals surface area contributed by atoms with Crippen molar-refractivity contribution in [2.45, 2.75) is 32.0 Å². The van der Waals surface area contributed by atoms with Gasteiger partial charge in [0.1, 0.15) is 4.88 Å². The molecule has 0 aromatic carbocycles. The summed E-state index contributed by atoms with van der Waals surface area (Å²) in [6.07, 6.45) is 0.686. The number of hydrogen-bond acceptors (Lipinski definition) is 7. The molecule has 2 aromatic heterocycles. The van der Waals surface area contributed by atoms with Gasteiger partial charge in [-0.05, 0) is 24.9 Å². The lowest BCUT2D eigenvalue weighted by Crippen LogP contribution is -2.06. The number of rotatable bonds is 4. The second kappa shape index (κ2) is 4.90. The zero-order valence-corrected chi connectivity index (χ0v) is 12.1. The molecule has 2 heterocycles. The van der Waals surface area contributed by atoms with Gasteiger partial charge in [-0.15, -0.1) is 15.3 Å². The highest BCUT2D eigenvalue weighted by Gasteiger charge is 2.24. The molecule has 2 aromatic rings. The van der Waals surface area contributed by atoms with Crippen LogP contribution in [-0.2, 0) is 22.0 Å². The first-order valence-electron chi connectivity index (χ1n) is 5.18. The molecule has 7 nitrogen and oxygen atoms in total. The standard InChI is InChI=1S/C8H10ClN5O2S2/c1-3-5-6(17-13-10-5)7-11-12-8(14(7)4-2)18(9,15)16/h3-4H2,1-2H3. The highest BCUT2D eigenvalue weighted by atomic mass is 35.7. The Hall–Kier alpha value is -1.06. The highest BCUT2D eigenvalue weighted by Crippen LogP contribution is 2.27. The molecule has 0 N–H and O–H groups in total. The molecule has 0 bridgehead atoms. The monoisotopic (exact) mass is 307 g/mol. The summed E-state index contributed by atoms with van der Waals surface area (Å²) in [5.41, 5.74) is 0.764. The molecule has 10 heteroatoms. The minimum absolute atomic E-state index is 0.253. The average Bonchev–Trinajstić information content (AvgIpc) is 2.93. The fraction of sp³-hybridized carbons (Fsp3) is 0.500. The predicted octanol–water partition coefficient (Wildman–Crippen LogP) is 1.31. The molecule has 0 spiro atoms. The summed E-state index contributed by atoms with van der Waals surface area (Å²) in [6.45, 7) is 4.12. The summed E-state index contributed by atoms with van der Waals surface area (Å²) < 4.78 is 28.0. The van der Waals surface area contributed by atoms with Crippen molar-refractivity contribution in [2.24, 2.45) is 0 Å². The maximum atomic E-state index is 11.4. The Labute approximate surface area is 112 Å². The van der Waals surface area contributed by atoms with Gasteiger partial charge in [0.15, 0.2) is 5.82 Å². The number of halogens is 1. The van der Waals surface area contributed by atoms with E-state index < -0.39 is 9.05 Å². The van der Waals surface area contributed by atoms with Crippen LogP contribution in [0.3, 0.4) is 0 Å². The van der Waals surface area contributed by atoms with E-state index in [2.05, 4.69) is 19.8 Å². The zero-order valence-electron chi connectivity index (χ0n) is 9.66. The highest BCUT2D eigenvalue weighted by molar-refractivity contribution is 8.13. The van der Waals surface area contributed by atoms with E-state index in [1.807, 2.05) is 6.92 Å². The van der Waals surface area contributed by atoms with Gasteiger partial charge in [-0.3, -0.25) is 4.57 Å². The largest absolute Gasteiger partial charge is 0.296 e. The fourth-order valence-corrected chi connectivity index (χ4v) is 3.24. The van der Waals surface area contributed by atoms with E-state index in [-0.39, 0.29) is 5.16 Å². The van der Waals surface area contributed by atoms with Crippen molar-refractivity contribution in [3.63, 3.8) is 0 Å². The molecule has 2 rings (SSSR count). The Morgan fingerprint density at radius 3 is 2.56 bits per heavy atom. The molecule has 0 saturated carbocycles. The SMILES string of the molecule is CCc1nnsc1-c1nnc(S(=O)(=O)Cl)n1CC. The summed E-state index contributed by atoms with van der Waals surface area (Å²) in [7, 11) is 1.40. The summed E-state index contributed by atoms with van der Waals surface area (Å²) in [5, 5.41) is 11.2. The number of hydrogen-bond donors (Lipinski definition) is 0. The van der Waals surface area contributed by atoms with Gasteiger partial charge in [0, 0.05) is 17.2 Å². The van der Waals surface area contributed by atoms with E-state index in [1.165, 1.54) is 4.57 Å². The molecule has 0 saturated heterocycles. The van der Waals surface area contributed by atoms with E-state index in [0.717, 1.165) is 22.1 Å². The van der Waals surface area contributed by atoms with Gasteiger partial charge >= 0.3 is 0 Å². The first-order valence-corrected chi connectivity index (χ1v) is 8.26. The lowest BCUT2D eigenvalue weighted by molar-refractivity contribution is 0.583. The van der Waals surface area contributed by atoms with Crippen molar-refractivity contribution in [3.05, 3.63) is 5.69 Å². The Balaban J connectivity index is 2.64. The average molecular weight is 308 g/mol. The van der Waals surface area contributed by atoms with E-state index in [0.29, 0.717) is 18.8 Å². The molecule has 0 unspecified atom stereocenters. The molecule has 0 fully saturated rings. The first-order chi connectivity index (χ1) is 8.49. The van der Waals surface area contributed by atoms with Crippen molar-refractivity contribution >= 4 is 31.3 Å². The second-order valence-electron chi connectivity index (χ2n) is 3.39. The van der Waals surface area contributed by atoms with E-state index in [4.69, 9.17) is 10.7 Å². The lowest BCUT2D eigenvalue weighted by atomic mass is 10.3. The smallest absolute Gasteiger partial charge is 0.296 e. The molecule has 0 radical (unpaired) electrons. The topological polar surface area (TPSA) is 90.6 Å². The summed E-state index contributed by atoms with van der Waals surface area (Å²) >= 11 is 1.16. The van der Waals surface area contributed by atoms with Crippen molar-refractivity contribution in [3.8, 4) is 10.7 Å². The third-order valence-electron chi connectivity index (χ3n) is 2.34. The van der Waals surface area contributed by atoms with Gasteiger partial charge in [0.25, 0.3) is 14.2 Å². The maximum absolute atomic E-state index is 11.4. The predicted molar refractivity (Wildman–Crippen MR) is 67.0 cm³/mol. The van der Waals surface area contributed by atoms with Gasteiger partial charge in [-0.1, -0.05) is 11.4 Å². The normalized spacial score (nSPS) is 11.9. The minimum atomic E-state index is -3.91. The van der Waals surface area contributed by atoms with E-state index in [1.54, 1.807) is 6.92 Å². The Kier molecular flexibility index (Phi) is 3.64. The molecular weight excluding hydrogens is 298 g/mol. The lowest BCUT2D eigenvalue weighted by Gasteiger charge is -2.04. The molecule has 0 aliphatic carbocycles. The van der Waals surface area contributed by atoms with E-state index in [9.17, 15) is 8.42 Å². The van der Waals surface area contributed by atoms with Crippen molar-refractivity contribution < 1.29 is 8.42 Å². The van der Waals surface area contributed by atoms with Crippen LogP contribution in [0.25, 0.3) is 10.7 Å². The quantitative estimate of drug-likeness (QED) is 0.791. The Morgan fingerprint density at radius 1 is 1.28 bits per heavy atom. The van der Waals surface area contributed by atoms with Crippen LogP contribution < -0.4 is 0 Å². The van der Waals surface area contributed by atoms with Gasteiger partial charge in [0.05, 0.1) is 5.69 Å². The third kappa shape index (κ3) is 2.25. The van der Waals surface area contributed by atoms with Gasteiger partial charge in [-0.25, -0.2) is 8.42 Å². The van der Waals surface area contributed by atoms with Crippen molar-refractivity contribution in [1.82, 2.24) is 24.4 Å². The zero-order chi connectivity index (χ0) is 13.3. The molecule has 0 aliphatic rings. The summed E-state index contributed by atoms with van der Waals surface area (Å²) in [6, 6.07) is 0. The van der Waals surface area contributed by atoms with Crippen LogP contribution in [0.4, 0.5) is 0 Å². The molecule has 18 heavy (non-hydrogen) atoms. The first kappa shape index (κ1) is 13.4. The van der Waals surface area contributed by atoms with Crippen LogP contribution >= 0.6 is 22.2 Å². The van der Waals surface area contributed by atoms with Crippen LogP contribution in [0.5, 0.6) is 0 Å². The molecule has 0 aliphatic heterocycles. The minimum Gasteiger partial charge on any atom is -0.296 e. The van der Waals surface area contributed by atoms with Crippen molar-refractivity contribution in [1.29, 1.82) is 0 Å². The second-order valence-corrected chi connectivity index (χ2v) is 6.60. The molecule has 0 amide bonds. The van der Waals surface area contributed by atoms with Crippen LogP contribution in [0.1, 0.15) is 19.5 Å². The molecular formula is C8H10ClN5O2S2. The molecule has 0 atom stereocenters. The van der Waals surface area contributed by atoms with E-state index >= 15 is 0 Å². The van der Waals surface area contributed by atoms with Crippen molar-refractivity contribution in [2.75, 3.05) is 0 Å². The van der Waals surface area contributed by atoms with Gasteiger partial charge in [-0.2, -0.15) is 0 Å². The number of nitrogens with zero attached hydrogens (tertiary/aromatic N) is 5. The Morgan fingerprint density at radius 2 is 2.00 bits per heavy atom. The van der Waals surface area contributed by atoms with Gasteiger partial charge < -0.3 is 0 Å². The number of aromatic nitrogens is 5. The van der Waals surface area contributed by atoms with Crippen LogP contribution in [0, 0.1) is 0 Å². The van der Waals surface area contributed by atoms with Gasteiger partial charge in [0.2, 0.25) is 0 Å². The summed E-state index contributed by atoms with van der Waals surface area (Å²) in [4.78, 5) is 0.721. The Bertz CT molecular complexity index is 663. The molecule has 98 valence electrons. The maximum Gasteiger partial charge on any atom is 0.296 e. The fourth-order valence-electron chi connectivity index (χ4n) is 1.53. The van der Waals surface area contributed by atoms with Crippen LogP contribution in [0.15, 0.2) is 5.16 Å².